The lowest BCUT2D eigenvalue weighted by Gasteiger charge is -2.05. The molecule has 0 spiro atoms. The van der Waals surface area contributed by atoms with E-state index in [1.807, 2.05) is 24.3 Å². The zero-order valence-electron chi connectivity index (χ0n) is 12.3. The smallest absolute Gasteiger partial charge is 0.355 e. The third-order valence-electron chi connectivity index (χ3n) is 3.20. The molecule has 2 rings (SSSR count). The van der Waals surface area contributed by atoms with Gasteiger partial charge in [-0.05, 0) is 17.5 Å². The number of hydrogen-bond acceptors (Lipinski definition) is 4. The fourth-order valence-corrected chi connectivity index (χ4v) is 2.81. The highest BCUT2D eigenvalue weighted by molar-refractivity contribution is 7.09. The van der Waals surface area contributed by atoms with Crippen LogP contribution in [0.1, 0.15) is 33.5 Å². The van der Waals surface area contributed by atoms with Gasteiger partial charge in [-0.1, -0.05) is 31.2 Å². The van der Waals surface area contributed by atoms with Gasteiger partial charge in [0, 0.05) is 18.3 Å². The van der Waals surface area contributed by atoms with E-state index >= 15 is 0 Å². The van der Waals surface area contributed by atoms with Crippen LogP contribution in [0.15, 0.2) is 29.6 Å². The molecule has 0 radical (unpaired) electrons. The fourth-order valence-electron chi connectivity index (χ4n) is 2.04. The predicted molar refractivity (Wildman–Crippen MR) is 85.3 cm³/mol. The predicted octanol–water partition coefficient (Wildman–Crippen LogP) is 2.31. The van der Waals surface area contributed by atoms with Crippen molar-refractivity contribution in [1.82, 2.24) is 10.3 Å². The quantitative estimate of drug-likeness (QED) is 0.821. The monoisotopic (exact) mass is 318 g/mol. The van der Waals surface area contributed by atoms with E-state index in [9.17, 15) is 9.59 Å². The number of nitrogens with zero attached hydrogens (tertiary/aromatic N) is 1. The van der Waals surface area contributed by atoms with E-state index in [1.165, 1.54) is 22.3 Å². The van der Waals surface area contributed by atoms with Crippen LogP contribution in [0.25, 0.3) is 0 Å². The van der Waals surface area contributed by atoms with Crippen LogP contribution in [-0.2, 0) is 24.1 Å². The van der Waals surface area contributed by atoms with E-state index in [1.54, 1.807) is 0 Å². The number of aromatic carboxylic acids is 1. The molecule has 116 valence electrons. The molecule has 2 N–H and O–H groups in total. The number of aromatic nitrogens is 1. The van der Waals surface area contributed by atoms with Gasteiger partial charge in [-0.3, -0.25) is 4.79 Å². The molecule has 0 bridgehead atoms. The number of amides is 1. The lowest BCUT2D eigenvalue weighted by Crippen LogP contribution is -2.27. The van der Waals surface area contributed by atoms with Gasteiger partial charge in [0.2, 0.25) is 5.91 Å². The summed E-state index contributed by atoms with van der Waals surface area (Å²) in [4.78, 5) is 26.6. The van der Waals surface area contributed by atoms with Gasteiger partial charge in [-0.25, -0.2) is 9.78 Å². The van der Waals surface area contributed by atoms with Crippen molar-refractivity contribution in [2.24, 2.45) is 0 Å². The second-order valence-electron chi connectivity index (χ2n) is 4.88. The first-order valence-electron chi connectivity index (χ1n) is 7.10. The Labute approximate surface area is 133 Å². The highest BCUT2D eigenvalue weighted by Gasteiger charge is 2.09. The number of rotatable bonds is 7. The van der Waals surface area contributed by atoms with Gasteiger partial charge >= 0.3 is 5.97 Å². The Balaban J connectivity index is 1.78. The number of aryl methyl sites for hydroxylation is 1. The molecule has 5 nitrogen and oxygen atoms in total. The minimum Gasteiger partial charge on any atom is -0.476 e. The number of carbonyl (C=O) groups is 2. The normalized spacial score (nSPS) is 10.4. The molecule has 0 saturated heterocycles. The average molecular weight is 318 g/mol. The molecular weight excluding hydrogens is 300 g/mol. The van der Waals surface area contributed by atoms with Crippen LogP contribution in [0.5, 0.6) is 0 Å². The summed E-state index contributed by atoms with van der Waals surface area (Å²) in [6.45, 7) is 2.54. The van der Waals surface area contributed by atoms with Gasteiger partial charge in [0.1, 0.15) is 0 Å². The number of carboxylic acids is 1. The van der Waals surface area contributed by atoms with E-state index < -0.39 is 5.97 Å². The molecule has 0 unspecified atom stereocenters. The maximum Gasteiger partial charge on any atom is 0.355 e. The summed E-state index contributed by atoms with van der Waals surface area (Å²) in [5.74, 6) is -1.06. The molecule has 1 aromatic heterocycles. The van der Waals surface area contributed by atoms with Crippen LogP contribution in [0.3, 0.4) is 0 Å². The van der Waals surface area contributed by atoms with Crippen molar-refractivity contribution in [3.05, 3.63) is 51.5 Å². The SMILES string of the molecule is CCc1cccc(CC(=O)NCCc2nc(C(=O)O)cs2)c1. The first-order valence-corrected chi connectivity index (χ1v) is 7.98. The van der Waals surface area contributed by atoms with Crippen molar-refractivity contribution < 1.29 is 14.7 Å². The summed E-state index contributed by atoms with van der Waals surface area (Å²) in [7, 11) is 0. The van der Waals surface area contributed by atoms with Crippen LogP contribution in [-0.4, -0.2) is 28.5 Å². The Hall–Kier alpha value is -2.21. The first-order chi connectivity index (χ1) is 10.6. The summed E-state index contributed by atoms with van der Waals surface area (Å²) in [5, 5.41) is 13.9. The van der Waals surface area contributed by atoms with E-state index in [4.69, 9.17) is 5.11 Å². The number of thiazole rings is 1. The standard InChI is InChI=1S/C16H18N2O3S/c1-2-11-4-3-5-12(8-11)9-14(19)17-7-6-15-18-13(10-22-15)16(20)21/h3-5,8,10H,2,6-7,9H2,1H3,(H,17,19)(H,20,21). The van der Waals surface area contributed by atoms with Gasteiger partial charge < -0.3 is 10.4 Å². The summed E-state index contributed by atoms with van der Waals surface area (Å²) in [5.41, 5.74) is 2.27. The minimum atomic E-state index is -1.03. The molecule has 0 fully saturated rings. The molecule has 6 heteroatoms. The van der Waals surface area contributed by atoms with E-state index in [0.29, 0.717) is 24.4 Å². The Kier molecular flexibility index (Phi) is 5.66. The van der Waals surface area contributed by atoms with Crippen LogP contribution in [0.2, 0.25) is 0 Å². The molecule has 0 aliphatic rings. The topological polar surface area (TPSA) is 79.3 Å². The van der Waals surface area contributed by atoms with E-state index in [-0.39, 0.29) is 11.6 Å². The molecule has 1 heterocycles. The summed E-state index contributed by atoms with van der Waals surface area (Å²) in [6.07, 6.45) is 1.84. The molecule has 1 amide bonds. The lowest BCUT2D eigenvalue weighted by atomic mass is 10.1. The summed E-state index contributed by atoms with van der Waals surface area (Å²) < 4.78 is 0. The second-order valence-corrected chi connectivity index (χ2v) is 5.82. The maximum atomic E-state index is 11.9. The maximum absolute atomic E-state index is 11.9. The molecule has 2 aromatic rings. The third kappa shape index (κ3) is 4.66. The molecule has 22 heavy (non-hydrogen) atoms. The van der Waals surface area contributed by atoms with Gasteiger partial charge in [-0.15, -0.1) is 11.3 Å². The lowest BCUT2D eigenvalue weighted by molar-refractivity contribution is -0.120. The molecule has 1 aromatic carbocycles. The fraction of sp³-hybridized carbons (Fsp3) is 0.312. The largest absolute Gasteiger partial charge is 0.476 e. The highest BCUT2D eigenvalue weighted by Crippen LogP contribution is 2.10. The van der Waals surface area contributed by atoms with Gasteiger partial charge in [0.05, 0.1) is 11.4 Å². The minimum absolute atomic E-state index is 0.0386. The van der Waals surface area contributed by atoms with Crippen molar-refractivity contribution in [3.8, 4) is 0 Å². The van der Waals surface area contributed by atoms with Gasteiger partial charge in [0.15, 0.2) is 5.69 Å². The Morgan fingerprint density at radius 2 is 2.09 bits per heavy atom. The molecular formula is C16H18N2O3S. The van der Waals surface area contributed by atoms with Crippen LogP contribution in [0.4, 0.5) is 0 Å². The third-order valence-corrected chi connectivity index (χ3v) is 4.10. The zero-order valence-corrected chi connectivity index (χ0v) is 13.2. The van der Waals surface area contributed by atoms with Crippen LogP contribution >= 0.6 is 11.3 Å². The summed E-state index contributed by atoms with van der Waals surface area (Å²) in [6, 6.07) is 7.99. The molecule has 0 saturated carbocycles. The number of benzene rings is 1. The van der Waals surface area contributed by atoms with E-state index in [0.717, 1.165) is 12.0 Å². The average Bonchev–Trinajstić information content (AvgIpc) is 2.96. The van der Waals surface area contributed by atoms with Crippen molar-refractivity contribution in [3.63, 3.8) is 0 Å². The Morgan fingerprint density at radius 3 is 2.77 bits per heavy atom. The molecule has 0 atom stereocenters. The van der Waals surface area contributed by atoms with Crippen molar-refractivity contribution in [1.29, 1.82) is 0 Å². The van der Waals surface area contributed by atoms with Crippen molar-refractivity contribution in [2.75, 3.05) is 6.54 Å². The Bertz CT molecular complexity index is 667. The van der Waals surface area contributed by atoms with Gasteiger partial charge in [-0.2, -0.15) is 0 Å². The van der Waals surface area contributed by atoms with Crippen molar-refractivity contribution in [2.45, 2.75) is 26.2 Å². The van der Waals surface area contributed by atoms with Gasteiger partial charge in [0.25, 0.3) is 0 Å². The van der Waals surface area contributed by atoms with Crippen LogP contribution in [0, 0.1) is 0 Å². The van der Waals surface area contributed by atoms with E-state index in [2.05, 4.69) is 17.2 Å². The number of carboxylic acid groups (broad SMARTS) is 1. The molecule has 0 aliphatic carbocycles. The number of hydrogen-bond donors (Lipinski definition) is 2. The Morgan fingerprint density at radius 1 is 1.32 bits per heavy atom. The highest BCUT2D eigenvalue weighted by atomic mass is 32.1. The number of nitrogens with one attached hydrogen (secondary N) is 1. The second kappa shape index (κ2) is 7.70. The zero-order chi connectivity index (χ0) is 15.9. The van der Waals surface area contributed by atoms with Crippen LogP contribution < -0.4 is 5.32 Å². The first kappa shape index (κ1) is 16.2. The van der Waals surface area contributed by atoms with Crippen molar-refractivity contribution >= 4 is 23.2 Å². The summed E-state index contributed by atoms with van der Waals surface area (Å²) >= 11 is 1.30. The number of carbonyl (C=O) groups excluding carboxylic acids is 1. The molecule has 0 aliphatic heterocycles.